The monoisotopic (exact) mass is 233 g/mol. The first-order valence-electron chi connectivity index (χ1n) is 6.22. The summed E-state index contributed by atoms with van der Waals surface area (Å²) in [5, 5.41) is 8.91. The van der Waals surface area contributed by atoms with E-state index >= 15 is 0 Å². The average Bonchev–Trinajstić information content (AvgIpc) is 2.33. The Morgan fingerprint density at radius 2 is 2.00 bits per heavy atom. The molecule has 0 radical (unpaired) electrons. The number of aryl methyl sites for hydroxylation is 1. The van der Waals surface area contributed by atoms with Crippen LogP contribution in [0.25, 0.3) is 0 Å². The lowest BCUT2D eigenvalue weighted by atomic mass is 10.0. The highest BCUT2D eigenvalue weighted by Crippen LogP contribution is 2.17. The highest BCUT2D eigenvalue weighted by molar-refractivity contribution is 5.87. The molecule has 1 aromatic rings. The second-order valence-electron chi connectivity index (χ2n) is 4.78. The first-order valence-corrected chi connectivity index (χ1v) is 6.22. The van der Waals surface area contributed by atoms with Crippen molar-refractivity contribution in [3.63, 3.8) is 0 Å². The number of carbonyl (C=O) groups is 1. The number of nitrogens with zero attached hydrogens (tertiary/aromatic N) is 1. The molecule has 3 nitrogen and oxygen atoms in total. The molecular weight excluding hydrogens is 214 g/mol. The van der Waals surface area contributed by atoms with Gasteiger partial charge in [-0.15, -0.1) is 0 Å². The molecule has 1 fully saturated rings. The van der Waals surface area contributed by atoms with Gasteiger partial charge in [0.2, 0.25) is 0 Å². The Morgan fingerprint density at radius 1 is 1.29 bits per heavy atom. The summed E-state index contributed by atoms with van der Waals surface area (Å²) in [5.74, 6) is -0.849. The van der Waals surface area contributed by atoms with E-state index in [1.54, 1.807) is 12.1 Å². The maximum Gasteiger partial charge on any atom is 0.335 e. The Hall–Kier alpha value is -1.35. The highest BCUT2D eigenvalue weighted by Gasteiger charge is 2.12. The Labute approximate surface area is 102 Å². The van der Waals surface area contributed by atoms with Crippen molar-refractivity contribution < 1.29 is 9.90 Å². The molecule has 1 aliphatic rings. The van der Waals surface area contributed by atoms with Gasteiger partial charge in [0.25, 0.3) is 0 Å². The summed E-state index contributed by atoms with van der Waals surface area (Å²) in [6.45, 7) is 5.28. The van der Waals surface area contributed by atoms with Crippen molar-refractivity contribution in [2.45, 2.75) is 32.7 Å². The zero-order chi connectivity index (χ0) is 12.3. The molecule has 17 heavy (non-hydrogen) atoms. The van der Waals surface area contributed by atoms with E-state index in [0.29, 0.717) is 5.56 Å². The number of rotatable bonds is 3. The minimum atomic E-state index is -0.849. The van der Waals surface area contributed by atoms with Crippen LogP contribution in [-0.2, 0) is 6.54 Å². The summed E-state index contributed by atoms with van der Waals surface area (Å²) >= 11 is 0. The standard InChI is InChI=1S/C14H19NO2/c1-11-9-12(14(16)17)5-6-13(11)10-15-7-3-2-4-8-15/h5-6,9H,2-4,7-8,10H2,1H3,(H,16,17). The minimum Gasteiger partial charge on any atom is -0.478 e. The van der Waals surface area contributed by atoms with Crippen LogP contribution in [0, 0.1) is 6.92 Å². The zero-order valence-electron chi connectivity index (χ0n) is 10.3. The van der Waals surface area contributed by atoms with Crippen LogP contribution in [0.3, 0.4) is 0 Å². The van der Waals surface area contributed by atoms with Crippen LogP contribution in [0.15, 0.2) is 18.2 Å². The Morgan fingerprint density at radius 3 is 2.59 bits per heavy atom. The van der Waals surface area contributed by atoms with Gasteiger partial charge in [0.15, 0.2) is 0 Å². The van der Waals surface area contributed by atoms with Crippen molar-refractivity contribution in [1.82, 2.24) is 4.90 Å². The largest absolute Gasteiger partial charge is 0.478 e. The zero-order valence-corrected chi connectivity index (χ0v) is 10.3. The summed E-state index contributed by atoms with van der Waals surface area (Å²) in [5.41, 5.74) is 2.71. The lowest BCUT2D eigenvalue weighted by Gasteiger charge is -2.27. The van der Waals surface area contributed by atoms with E-state index in [1.807, 2.05) is 13.0 Å². The number of likely N-dealkylation sites (tertiary alicyclic amines) is 1. The predicted octanol–water partition coefficient (Wildman–Crippen LogP) is 2.68. The van der Waals surface area contributed by atoms with E-state index in [0.717, 1.165) is 12.1 Å². The third kappa shape index (κ3) is 3.07. The molecule has 92 valence electrons. The molecule has 1 saturated heterocycles. The first kappa shape index (κ1) is 12.1. The van der Waals surface area contributed by atoms with Gasteiger partial charge in [0.1, 0.15) is 0 Å². The summed E-state index contributed by atoms with van der Waals surface area (Å²) in [6.07, 6.45) is 3.91. The fraction of sp³-hybridized carbons (Fsp3) is 0.500. The maximum atomic E-state index is 10.8. The Bertz CT molecular complexity index is 409. The highest BCUT2D eigenvalue weighted by atomic mass is 16.4. The second-order valence-corrected chi connectivity index (χ2v) is 4.78. The smallest absolute Gasteiger partial charge is 0.335 e. The molecule has 0 unspecified atom stereocenters. The van der Waals surface area contributed by atoms with Crippen LogP contribution in [0.5, 0.6) is 0 Å². The molecule has 0 aliphatic carbocycles. The number of benzene rings is 1. The van der Waals surface area contributed by atoms with Crippen LogP contribution >= 0.6 is 0 Å². The van der Waals surface area contributed by atoms with Gasteiger partial charge in [-0.25, -0.2) is 4.79 Å². The fourth-order valence-electron chi connectivity index (χ4n) is 2.36. The summed E-state index contributed by atoms with van der Waals surface area (Å²) in [7, 11) is 0. The van der Waals surface area contributed by atoms with Crippen molar-refractivity contribution in [2.75, 3.05) is 13.1 Å². The van der Waals surface area contributed by atoms with Gasteiger partial charge < -0.3 is 5.11 Å². The van der Waals surface area contributed by atoms with E-state index in [4.69, 9.17) is 5.11 Å². The van der Waals surface area contributed by atoms with Gasteiger partial charge in [0, 0.05) is 6.54 Å². The predicted molar refractivity (Wildman–Crippen MR) is 67.3 cm³/mol. The topological polar surface area (TPSA) is 40.5 Å². The molecule has 0 bridgehead atoms. The van der Waals surface area contributed by atoms with Gasteiger partial charge in [-0.3, -0.25) is 4.90 Å². The molecular formula is C14H19NO2. The van der Waals surface area contributed by atoms with Crippen LogP contribution in [0.4, 0.5) is 0 Å². The molecule has 0 saturated carbocycles. The second kappa shape index (κ2) is 5.32. The lowest BCUT2D eigenvalue weighted by Crippen LogP contribution is -2.29. The number of hydrogen-bond acceptors (Lipinski definition) is 2. The van der Waals surface area contributed by atoms with Gasteiger partial charge in [0.05, 0.1) is 5.56 Å². The van der Waals surface area contributed by atoms with Gasteiger partial charge >= 0.3 is 5.97 Å². The SMILES string of the molecule is Cc1cc(C(=O)O)ccc1CN1CCCCC1. The van der Waals surface area contributed by atoms with Crippen LogP contribution < -0.4 is 0 Å². The number of aromatic carboxylic acids is 1. The third-order valence-electron chi connectivity index (χ3n) is 3.43. The number of hydrogen-bond donors (Lipinski definition) is 1. The van der Waals surface area contributed by atoms with Gasteiger partial charge in [-0.1, -0.05) is 12.5 Å². The van der Waals surface area contributed by atoms with Crippen LogP contribution in [0.1, 0.15) is 40.7 Å². The summed E-state index contributed by atoms with van der Waals surface area (Å²) < 4.78 is 0. The van der Waals surface area contributed by atoms with Gasteiger partial charge in [-0.2, -0.15) is 0 Å². The average molecular weight is 233 g/mol. The molecule has 2 rings (SSSR count). The van der Waals surface area contributed by atoms with Crippen molar-refractivity contribution in [1.29, 1.82) is 0 Å². The molecule has 0 atom stereocenters. The molecule has 0 aromatic heterocycles. The van der Waals surface area contributed by atoms with E-state index in [-0.39, 0.29) is 0 Å². The summed E-state index contributed by atoms with van der Waals surface area (Å²) in [6, 6.07) is 5.42. The molecule has 1 heterocycles. The molecule has 0 amide bonds. The number of carboxylic acid groups (broad SMARTS) is 1. The quantitative estimate of drug-likeness (QED) is 0.872. The normalized spacial score (nSPS) is 17.0. The first-order chi connectivity index (χ1) is 8.16. The molecule has 1 N–H and O–H groups in total. The van der Waals surface area contributed by atoms with E-state index < -0.39 is 5.97 Å². The minimum absolute atomic E-state index is 0.380. The molecule has 1 aromatic carbocycles. The molecule has 0 spiro atoms. The Balaban J connectivity index is 2.08. The summed E-state index contributed by atoms with van der Waals surface area (Å²) in [4.78, 5) is 13.3. The van der Waals surface area contributed by atoms with Crippen molar-refractivity contribution >= 4 is 5.97 Å². The van der Waals surface area contributed by atoms with Crippen molar-refractivity contribution in [2.24, 2.45) is 0 Å². The van der Waals surface area contributed by atoms with E-state index in [1.165, 1.54) is 37.9 Å². The Kier molecular flexibility index (Phi) is 3.79. The fourth-order valence-corrected chi connectivity index (χ4v) is 2.36. The van der Waals surface area contributed by atoms with Crippen LogP contribution in [-0.4, -0.2) is 29.1 Å². The number of carboxylic acids is 1. The van der Waals surface area contributed by atoms with Crippen LogP contribution in [0.2, 0.25) is 0 Å². The molecule has 1 aliphatic heterocycles. The van der Waals surface area contributed by atoms with E-state index in [9.17, 15) is 4.79 Å². The van der Waals surface area contributed by atoms with E-state index in [2.05, 4.69) is 4.90 Å². The third-order valence-corrected chi connectivity index (χ3v) is 3.43. The van der Waals surface area contributed by atoms with Crippen molar-refractivity contribution in [3.05, 3.63) is 34.9 Å². The number of piperidine rings is 1. The van der Waals surface area contributed by atoms with Crippen molar-refractivity contribution in [3.8, 4) is 0 Å². The van der Waals surface area contributed by atoms with Gasteiger partial charge in [-0.05, 0) is 56.1 Å². The maximum absolute atomic E-state index is 10.8. The molecule has 3 heteroatoms. The lowest BCUT2D eigenvalue weighted by molar-refractivity contribution is 0.0696.